The van der Waals surface area contributed by atoms with Crippen LogP contribution in [0.25, 0.3) is 0 Å². The van der Waals surface area contributed by atoms with Crippen molar-refractivity contribution < 1.29 is 14.3 Å². The van der Waals surface area contributed by atoms with Gasteiger partial charge in [-0.2, -0.15) is 0 Å². The highest BCUT2D eigenvalue weighted by molar-refractivity contribution is 7.99. The maximum Gasteiger partial charge on any atom is 0.243 e. The molecule has 1 fully saturated rings. The van der Waals surface area contributed by atoms with Crippen molar-refractivity contribution in [2.45, 2.75) is 63.4 Å². The number of carbonyl (C=O) groups excluding carboxylic acids is 2. The Bertz CT molecular complexity index is 868. The SMILES string of the molecule is CC[C@@H](C(=O)NC1CCCC1)N(Cc1cccc(OC)c1)C(=O)CSCc1ccccc1. The summed E-state index contributed by atoms with van der Waals surface area (Å²) in [6, 6.07) is 17.6. The lowest BCUT2D eigenvalue weighted by atomic mass is 10.1. The van der Waals surface area contributed by atoms with Gasteiger partial charge in [0.2, 0.25) is 11.8 Å². The van der Waals surface area contributed by atoms with Crippen LogP contribution in [0.4, 0.5) is 0 Å². The van der Waals surface area contributed by atoms with E-state index in [4.69, 9.17) is 4.74 Å². The lowest BCUT2D eigenvalue weighted by molar-refractivity contribution is -0.139. The molecule has 2 aromatic carbocycles. The Labute approximate surface area is 195 Å². The lowest BCUT2D eigenvalue weighted by Gasteiger charge is -2.31. The summed E-state index contributed by atoms with van der Waals surface area (Å²) in [6.07, 6.45) is 4.95. The van der Waals surface area contributed by atoms with Crippen LogP contribution in [0.15, 0.2) is 54.6 Å². The lowest BCUT2D eigenvalue weighted by Crippen LogP contribution is -2.51. The maximum atomic E-state index is 13.3. The summed E-state index contributed by atoms with van der Waals surface area (Å²) in [4.78, 5) is 28.2. The summed E-state index contributed by atoms with van der Waals surface area (Å²) >= 11 is 1.59. The van der Waals surface area contributed by atoms with Crippen molar-refractivity contribution in [1.82, 2.24) is 10.2 Å². The fraction of sp³-hybridized carbons (Fsp3) is 0.462. The van der Waals surface area contributed by atoms with Gasteiger partial charge in [0.1, 0.15) is 11.8 Å². The van der Waals surface area contributed by atoms with E-state index in [2.05, 4.69) is 17.4 Å². The van der Waals surface area contributed by atoms with Gasteiger partial charge >= 0.3 is 0 Å². The summed E-state index contributed by atoms with van der Waals surface area (Å²) in [6.45, 7) is 2.36. The monoisotopic (exact) mass is 454 g/mol. The Kier molecular flexibility index (Phi) is 9.47. The van der Waals surface area contributed by atoms with Crippen LogP contribution in [0, 0.1) is 0 Å². The zero-order valence-electron chi connectivity index (χ0n) is 19.1. The Morgan fingerprint density at radius 2 is 1.81 bits per heavy atom. The molecule has 172 valence electrons. The van der Waals surface area contributed by atoms with Gasteiger partial charge in [-0.1, -0.05) is 62.2 Å². The molecule has 0 heterocycles. The number of nitrogens with one attached hydrogen (secondary N) is 1. The third-order valence-corrected chi connectivity index (χ3v) is 6.90. The highest BCUT2D eigenvalue weighted by Crippen LogP contribution is 2.21. The Balaban J connectivity index is 1.71. The molecule has 0 bridgehead atoms. The van der Waals surface area contributed by atoms with Crippen molar-refractivity contribution in [3.05, 3.63) is 65.7 Å². The van der Waals surface area contributed by atoms with E-state index in [0.717, 1.165) is 42.7 Å². The second-order valence-electron chi connectivity index (χ2n) is 8.27. The van der Waals surface area contributed by atoms with Gasteiger partial charge in [-0.3, -0.25) is 9.59 Å². The van der Waals surface area contributed by atoms with Crippen molar-refractivity contribution in [3.8, 4) is 5.75 Å². The predicted octanol–water partition coefficient (Wildman–Crippen LogP) is 4.79. The number of amides is 2. The summed E-state index contributed by atoms with van der Waals surface area (Å²) in [5.41, 5.74) is 2.15. The Hall–Kier alpha value is -2.47. The molecular weight excluding hydrogens is 420 g/mol. The van der Waals surface area contributed by atoms with Crippen molar-refractivity contribution in [2.75, 3.05) is 12.9 Å². The summed E-state index contributed by atoms with van der Waals surface area (Å²) in [5.74, 6) is 1.80. The summed E-state index contributed by atoms with van der Waals surface area (Å²) in [7, 11) is 1.63. The minimum Gasteiger partial charge on any atom is -0.497 e. The van der Waals surface area contributed by atoms with Crippen molar-refractivity contribution in [1.29, 1.82) is 0 Å². The molecule has 0 radical (unpaired) electrons. The van der Waals surface area contributed by atoms with E-state index >= 15 is 0 Å². The molecule has 0 spiro atoms. The number of carbonyl (C=O) groups is 2. The van der Waals surface area contributed by atoms with Gasteiger partial charge in [0, 0.05) is 18.3 Å². The van der Waals surface area contributed by atoms with E-state index in [1.807, 2.05) is 49.4 Å². The third-order valence-electron chi connectivity index (χ3n) is 5.91. The molecule has 3 rings (SSSR count). The van der Waals surface area contributed by atoms with Crippen LogP contribution in [-0.4, -0.2) is 41.7 Å². The zero-order chi connectivity index (χ0) is 22.8. The van der Waals surface area contributed by atoms with E-state index in [1.165, 1.54) is 5.56 Å². The van der Waals surface area contributed by atoms with E-state index < -0.39 is 6.04 Å². The number of methoxy groups -OCH3 is 1. The Morgan fingerprint density at radius 1 is 1.09 bits per heavy atom. The van der Waals surface area contributed by atoms with Gasteiger partial charge in [-0.05, 0) is 42.5 Å². The average molecular weight is 455 g/mol. The molecule has 1 N–H and O–H groups in total. The van der Waals surface area contributed by atoms with Crippen LogP contribution < -0.4 is 10.1 Å². The predicted molar refractivity (Wildman–Crippen MR) is 131 cm³/mol. The molecule has 5 nitrogen and oxygen atoms in total. The van der Waals surface area contributed by atoms with E-state index in [-0.39, 0.29) is 17.9 Å². The molecule has 0 aliphatic heterocycles. The first-order valence-electron chi connectivity index (χ1n) is 11.4. The van der Waals surface area contributed by atoms with Gasteiger partial charge < -0.3 is 15.0 Å². The summed E-state index contributed by atoms with van der Waals surface area (Å²) < 4.78 is 5.35. The molecule has 0 saturated heterocycles. The molecule has 1 saturated carbocycles. The van der Waals surface area contributed by atoms with Crippen LogP contribution in [0.2, 0.25) is 0 Å². The number of ether oxygens (including phenoxy) is 1. The molecule has 0 aromatic heterocycles. The highest BCUT2D eigenvalue weighted by atomic mass is 32.2. The largest absolute Gasteiger partial charge is 0.497 e. The smallest absolute Gasteiger partial charge is 0.243 e. The van der Waals surface area contributed by atoms with Crippen LogP contribution in [0.5, 0.6) is 5.75 Å². The first-order chi connectivity index (χ1) is 15.6. The van der Waals surface area contributed by atoms with Crippen molar-refractivity contribution in [2.24, 2.45) is 0 Å². The second kappa shape index (κ2) is 12.5. The second-order valence-corrected chi connectivity index (χ2v) is 9.25. The van der Waals surface area contributed by atoms with Crippen LogP contribution in [0.3, 0.4) is 0 Å². The molecule has 1 aliphatic carbocycles. The van der Waals surface area contributed by atoms with Gasteiger partial charge in [0.15, 0.2) is 0 Å². The summed E-state index contributed by atoms with van der Waals surface area (Å²) in [5, 5.41) is 3.19. The number of hydrogen-bond acceptors (Lipinski definition) is 4. The number of hydrogen-bond donors (Lipinski definition) is 1. The van der Waals surface area contributed by atoms with E-state index in [9.17, 15) is 9.59 Å². The van der Waals surface area contributed by atoms with Crippen molar-refractivity contribution >= 4 is 23.6 Å². The number of nitrogens with zero attached hydrogens (tertiary/aromatic N) is 1. The fourth-order valence-electron chi connectivity index (χ4n) is 4.17. The highest BCUT2D eigenvalue weighted by Gasteiger charge is 2.30. The molecule has 1 aliphatic rings. The van der Waals surface area contributed by atoms with Crippen molar-refractivity contribution in [3.63, 3.8) is 0 Å². The minimum absolute atomic E-state index is 0.0119. The molecule has 2 amide bonds. The molecule has 32 heavy (non-hydrogen) atoms. The average Bonchev–Trinajstić information content (AvgIpc) is 3.32. The van der Waals surface area contributed by atoms with Crippen LogP contribution in [0.1, 0.15) is 50.2 Å². The van der Waals surface area contributed by atoms with E-state index in [0.29, 0.717) is 18.7 Å². The molecular formula is C26H34N2O3S. The van der Waals surface area contributed by atoms with Gasteiger partial charge in [0.25, 0.3) is 0 Å². The fourth-order valence-corrected chi connectivity index (χ4v) is 5.04. The van der Waals surface area contributed by atoms with E-state index in [1.54, 1.807) is 23.8 Å². The van der Waals surface area contributed by atoms with Gasteiger partial charge in [-0.15, -0.1) is 11.8 Å². The first-order valence-corrected chi connectivity index (χ1v) is 12.6. The van der Waals surface area contributed by atoms with Crippen LogP contribution in [-0.2, 0) is 21.9 Å². The van der Waals surface area contributed by atoms with Gasteiger partial charge in [-0.25, -0.2) is 0 Å². The molecule has 1 atom stereocenters. The number of thioether (sulfide) groups is 1. The number of benzene rings is 2. The quantitative estimate of drug-likeness (QED) is 0.530. The van der Waals surface area contributed by atoms with Crippen LogP contribution >= 0.6 is 11.8 Å². The maximum absolute atomic E-state index is 13.3. The molecule has 0 unspecified atom stereocenters. The first kappa shape index (κ1) is 24.2. The van der Waals surface area contributed by atoms with Gasteiger partial charge in [0.05, 0.1) is 12.9 Å². The number of rotatable bonds is 11. The third kappa shape index (κ3) is 7.02. The normalized spacial score (nSPS) is 14.7. The Morgan fingerprint density at radius 3 is 2.50 bits per heavy atom. The standard InChI is InChI=1S/C26H34N2O3S/c1-3-24(26(30)27-22-13-7-8-14-22)28(17-21-12-9-15-23(16-21)31-2)25(29)19-32-18-20-10-5-4-6-11-20/h4-6,9-12,15-16,22,24H,3,7-8,13-14,17-19H2,1-2H3,(H,27,30)/t24-/m0/s1. The molecule has 6 heteroatoms. The zero-order valence-corrected chi connectivity index (χ0v) is 19.9. The molecule has 2 aromatic rings. The topological polar surface area (TPSA) is 58.6 Å². The minimum atomic E-state index is -0.480.